The number of carbonyl (C=O) groups excluding carboxylic acids is 1. The highest BCUT2D eigenvalue weighted by molar-refractivity contribution is 7.89. The fraction of sp³-hybridized carbons (Fsp3) is 0.304. The molecule has 9 heteroatoms. The highest BCUT2D eigenvalue weighted by Gasteiger charge is 2.26. The Balaban J connectivity index is 1.38. The number of anilines is 1. The standard InChI is InChI=1S/C23H24N2O6S/c1-2-16-13-23(27)31-21-14-18(7-10-20(16)21)30-15-22(26)24-17-5-8-19(9-6-17)32(28,29)25-11-3-4-12-25/h5-10,13-14H,2-4,11-12,15H2,1H3,(H,24,26). The maximum atomic E-state index is 12.6. The van der Waals surface area contributed by atoms with Crippen molar-refractivity contribution in [2.24, 2.45) is 0 Å². The maximum Gasteiger partial charge on any atom is 0.336 e. The van der Waals surface area contributed by atoms with Crippen molar-refractivity contribution in [3.63, 3.8) is 0 Å². The van der Waals surface area contributed by atoms with Gasteiger partial charge in [-0.25, -0.2) is 13.2 Å². The fourth-order valence-electron chi connectivity index (χ4n) is 3.73. The van der Waals surface area contributed by atoms with Crippen molar-refractivity contribution < 1.29 is 22.4 Å². The van der Waals surface area contributed by atoms with Crippen LogP contribution >= 0.6 is 0 Å². The van der Waals surface area contributed by atoms with Gasteiger partial charge >= 0.3 is 5.63 Å². The summed E-state index contributed by atoms with van der Waals surface area (Å²) in [5.41, 5.74) is 1.33. The molecule has 1 fully saturated rings. The zero-order chi connectivity index (χ0) is 22.7. The number of aryl methyl sites for hydroxylation is 1. The van der Waals surface area contributed by atoms with Gasteiger partial charge in [-0.3, -0.25) is 4.79 Å². The normalized spacial score (nSPS) is 14.5. The van der Waals surface area contributed by atoms with Crippen LogP contribution in [0.5, 0.6) is 5.75 Å². The summed E-state index contributed by atoms with van der Waals surface area (Å²) in [7, 11) is -3.49. The first-order valence-electron chi connectivity index (χ1n) is 10.5. The average molecular weight is 457 g/mol. The van der Waals surface area contributed by atoms with Crippen LogP contribution in [0.3, 0.4) is 0 Å². The van der Waals surface area contributed by atoms with Gasteiger partial charge in [0.25, 0.3) is 5.91 Å². The van der Waals surface area contributed by atoms with Crippen molar-refractivity contribution in [1.29, 1.82) is 0 Å². The van der Waals surface area contributed by atoms with Crippen LogP contribution in [0.25, 0.3) is 11.0 Å². The molecule has 3 aromatic rings. The molecule has 1 amide bonds. The van der Waals surface area contributed by atoms with Crippen molar-refractivity contribution in [2.45, 2.75) is 31.1 Å². The zero-order valence-corrected chi connectivity index (χ0v) is 18.5. The van der Waals surface area contributed by atoms with Crippen LogP contribution in [0.15, 0.2) is 62.6 Å². The zero-order valence-electron chi connectivity index (χ0n) is 17.7. The second-order valence-corrected chi connectivity index (χ2v) is 9.51. The third-order valence-corrected chi connectivity index (χ3v) is 7.31. The van der Waals surface area contributed by atoms with E-state index < -0.39 is 21.6 Å². The number of hydrogen-bond donors (Lipinski definition) is 1. The summed E-state index contributed by atoms with van der Waals surface area (Å²) in [4.78, 5) is 24.2. The molecule has 1 aromatic heterocycles. The second-order valence-electron chi connectivity index (χ2n) is 7.57. The molecule has 0 spiro atoms. The van der Waals surface area contributed by atoms with E-state index in [1.165, 1.54) is 22.5 Å². The van der Waals surface area contributed by atoms with E-state index in [1.807, 2.05) is 6.92 Å². The predicted molar refractivity (Wildman–Crippen MR) is 120 cm³/mol. The fourth-order valence-corrected chi connectivity index (χ4v) is 5.24. The number of fused-ring (bicyclic) bond motifs is 1. The first-order chi connectivity index (χ1) is 15.4. The van der Waals surface area contributed by atoms with Crippen LogP contribution in [-0.2, 0) is 21.2 Å². The summed E-state index contributed by atoms with van der Waals surface area (Å²) in [6.45, 7) is 2.78. The van der Waals surface area contributed by atoms with Crippen LogP contribution < -0.4 is 15.7 Å². The number of carbonyl (C=O) groups is 1. The Morgan fingerprint density at radius 2 is 1.81 bits per heavy atom. The minimum atomic E-state index is -3.49. The monoisotopic (exact) mass is 456 g/mol. The average Bonchev–Trinajstić information content (AvgIpc) is 3.33. The Morgan fingerprint density at radius 3 is 2.50 bits per heavy atom. The molecule has 0 bridgehead atoms. The minimum Gasteiger partial charge on any atom is -0.484 e. The van der Waals surface area contributed by atoms with Gasteiger partial charge in [0.1, 0.15) is 11.3 Å². The molecule has 0 unspecified atom stereocenters. The molecule has 2 heterocycles. The quantitative estimate of drug-likeness (QED) is 0.548. The van der Waals surface area contributed by atoms with Gasteiger partial charge in [0.05, 0.1) is 4.90 Å². The molecule has 0 radical (unpaired) electrons. The second kappa shape index (κ2) is 9.13. The number of nitrogens with zero attached hydrogens (tertiary/aromatic N) is 1. The van der Waals surface area contributed by atoms with E-state index in [1.54, 1.807) is 30.3 Å². The van der Waals surface area contributed by atoms with Crippen molar-refractivity contribution in [3.8, 4) is 5.75 Å². The number of hydrogen-bond acceptors (Lipinski definition) is 6. The lowest BCUT2D eigenvalue weighted by Gasteiger charge is -2.15. The SMILES string of the molecule is CCc1cc(=O)oc2cc(OCC(=O)Nc3ccc(S(=O)(=O)N4CCCC4)cc3)ccc12. The third-order valence-electron chi connectivity index (χ3n) is 5.39. The van der Waals surface area contributed by atoms with Gasteiger partial charge in [-0.05, 0) is 61.2 Å². The summed E-state index contributed by atoms with van der Waals surface area (Å²) in [6.07, 6.45) is 2.44. The molecule has 1 N–H and O–H groups in total. The lowest BCUT2D eigenvalue weighted by molar-refractivity contribution is -0.118. The number of nitrogens with one attached hydrogen (secondary N) is 1. The van der Waals surface area contributed by atoms with Crippen molar-refractivity contribution in [3.05, 3.63) is 64.5 Å². The first kappa shape index (κ1) is 22.0. The van der Waals surface area contributed by atoms with E-state index in [4.69, 9.17) is 9.15 Å². The summed E-state index contributed by atoms with van der Waals surface area (Å²) in [5, 5.41) is 3.51. The molecule has 0 saturated carbocycles. The van der Waals surface area contributed by atoms with Gasteiger partial charge in [-0.15, -0.1) is 0 Å². The Hall–Kier alpha value is -3.17. The van der Waals surface area contributed by atoms with Gasteiger partial charge < -0.3 is 14.5 Å². The van der Waals surface area contributed by atoms with Crippen molar-refractivity contribution in [1.82, 2.24) is 4.31 Å². The largest absolute Gasteiger partial charge is 0.484 e. The Labute approximate surface area is 185 Å². The first-order valence-corrected chi connectivity index (χ1v) is 11.9. The molecular formula is C23H24N2O6S. The van der Waals surface area contributed by atoms with Crippen molar-refractivity contribution in [2.75, 3.05) is 25.0 Å². The molecule has 1 aliphatic rings. The number of benzene rings is 2. The lowest BCUT2D eigenvalue weighted by Crippen LogP contribution is -2.27. The summed E-state index contributed by atoms with van der Waals surface area (Å²) >= 11 is 0. The maximum absolute atomic E-state index is 12.6. The number of sulfonamides is 1. The molecule has 32 heavy (non-hydrogen) atoms. The summed E-state index contributed by atoms with van der Waals surface area (Å²) in [5.74, 6) is 0.000108. The molecule has 168 valence electrons. The molecule has 4 rings (SSSR count). The van der Waals surface area contributed by atoms with Crippen LogP contribution in [0.2, 0.25) is 0 Å². The van der Waals surface area contributed by atoms with Crippen LogP contribution in [0.4, 0.5) is 5.69 Å². The number of ether oxygens (including phenoxy) is 1. The van der Waals surface area contributed by atoms with Crippen LogP contribution in [0, 0.1) is 0 Å². The number of amides is 1. The van der Waals surface area contributed by atoms with E-state index >= 15 is 0 Å². The highest BCUT2D eigenvalue weighted by atomic mass is 32.2. The molecule has 0 aliphatic carbocycles. The molecule has 1 saturated heterocycles. The lowest BCUT2D eigenvalue weighted by atomic mass is 10.1. The highest BCUT2D eigenvalue weighted by Crippen LogP contribution is 2.24. The van der Waals surface area contributed by atoms with Gasteiger partial charge in [-0.2, -0.15) is 4.31 Å². The smallest absolute Gasteiger partial charge is 0.336 e. The van der Waals surface area contributed by atoms with Crippen LogP contribution in [0.1, 0.15) is 25.3 Å². The van der Waals surface area contributed by atoms with Gasteiger partial charge in [-0.1, -0.05) is 6.92 Å². The molecule has 0 atom stereocenters. The molecule has 8 nitrogen and oxygen atoms in total. The number of rotatable bonds is 7. The third kappa shape index (κ3) is 4.68. The molecule has 1 aliphatic heterocycles. The summed E-state index contributed by atoms with van der Waals surface area (Å²) in [6, 6.07) is 12.6. The molecule has 2 aromatic carbocycles. The van der Waals surface area contributed by atoms with E-state index in [9.17, 15) is 18.0 Å². The van der Waals surface area contributed by atoms with Crippen molar-refractivity contribution >= 4 is 32.6 Å². The summed E-state index contributed by atoms with van der Waals surface area (Å²) < 4.78 is 37.4. The van der Waals surface area contributed by atoms with Gasteiger partial charge in [0.2, 0.25) is 10.0 Å². The van der Waals surface area contributed by atoms with Gasteiger partial charge in [0, 0.05) is 36.3 Å². The van der Waals surface area contributed by atoms with Crippen LogP contribution in [-0.4, -0.2) is 38.3 Å². The Bertz CT molecular complexity index is 1290. The van der Waals surface area contributed by atoms with E-state index in [0.29, 0.717) is 36.5 Å². The van der Waals surface area contributed by atoms with Gasteiger partial charge in [0.15, 0.2) is 6.61 Å². The minimum absolute atomic E-state index is 0.206. The van der Waals surface area contributed by atoms with E-state index in [-0.39, 0.29) is 11.5 Å². The molecular weight excluding hydrogens is 432 g/mol. The predicted octanol–water partition coefficient (Wildman–Crippen LogP) is 3.16. The topological polar surface area (TPSA) is 106 Å². The van der Waals surface area contributed by atoms with E-state index in [2.05, 4.69) is 5.32 Å². The Morgan fingerprint density at radius 1 is 1.09 bits per heavy atom. The Kier molecular flexibility index (Phi) is 6.29. The van der Waals surface area contributed by atoms with E-state index in [0.717, 1.165) is 23.8 Å².